The molecular formula is C12H18N6O2. The average molecular weight is 278 g/mol. The van der Waals surface area contributed by atoms with Crippen LogP contribution >= 0.6 is 0 Å². The Kier molecular flexibility index (Phi) is 3.82. The van der Waals surface area contributed by atoms with Crippen LogP contribution in [0.5, 0.6) is 0 Å². The minimum Gasteiger partial charge on any atom is -0.349 e. The van der Waals surface area contributed by atoms with Crippen molar-refractivity contribution in [3.05, 3.63) is 23.4 Å². The molecule has 20 heavy (non-hydrogen) atoms. The second-order valence-electron chi connectivity index (χ2n) is 5.49. The van der Waals surface area contributed by atoms with Crippen molar-refractivity contribution in [2.24, 2.45) is 0 Å². The van der Waals surface area contributed by atoms with Gasteiger partial charge in [0.25, 0.3) is 5.91 Å². The van der Waals surface area contributed by atoms with E-state index in [1.807, 2.05) is 20.8 Å². The zero-order valence-electron chi connectivity index (χ0n) is 12.0. The van der Waals surface area contributed by atoms with Gasteiger partial charge in [-0.2, -0.15) is 4.98 Å². The van der Waals surface area contributed by atoms with Crippen LogP contribution < -0.4 is 5.32 Å². The van der Waals surface area contributed by atoms with E-state index in [2.05, 4.69) is 30.6 Å². The van der Waals surface area contributed by atoms with Crippen molar-refractivity contribution in [3.63, 3.8) is 0 Å². The highest BCUT2D eigenvalue weighted by atomic mass is 16.5. The summed E-state index contributed by atoms with van der Waals surface area (Å²) in [7, 11) is 0. The Balaban J connectivity index is 1.87. The van der Waals surface area contributed by atoms with Crippen LogP contribution in [0.15, 0.2) is 4.52 Å². The number of carbonyl (C=O) groups is 1. The molecule has 2 heterocycles. The molecular weight excluding hydrogens is 260 g/mol. The Bertz CT molecular complexity index is 595. The molecule has 0 aromatic carbocycles. The lowest BCUT2D eigenvalue weighted by molar-refractivity contribution is 0.0944. The van der Waals surface area contributed by atoms with Gasteiger partial charge in [-0.25, -0.2) is 4.98 Å². The lowest BCUT2D eigenvalue weighted by Crippen LogP contribution is -2.27. The molecule has 1 amide bonds. The largest absolute Gasteiger partial charge is 0.349 e. The summed E-state index contributed by atoms with van der Waals surface area (Å²) in [5.41, 5.74) is -0.173. The highest BCUT2D eigenvalue weighted by molar-refractivity contribution is 5.90. The number of aromatic nitrogens is 5. The minimum absolute atomic E-state index is 0.138. The Morgan fingerprint density at radius 1 is 1.35 bits per heavy atom. The van der Waals surface area contributed by atoms with Gasteiger partial charge in [-0.15, -0.1) is 5.10 Å². The van der Waals surface area contributed by atoms with Crippen LogP contribution in [0.2, 0.25) is 0 Å². The maximum atomic E-state index is 11.9. The molecule has 8 heteroatoms. The number of aryl methyl sites for hydroxylation is 1. The topological polar surface area (TPSA) is 110 Å². The Morgan fingerprint density at radius 2 is 2.10 bits per heavy atom. The summed E-state index contributed by atoms with van der Waals surface area (Å²) < 4.78 is 4.84. The van der Waals surface area contributed by atoms with Crippen molar-refractivity contribution in [1.29, 1.82) is 0 Å². The molecule has 0 saturated heterocycles. The Labute approximate surface area is 116 Å². The van der Waals surface area contributed by atoms with Crippen molar-refractivity contribution in [3.8, 4) is 0 Å². The number of aromatic amines is 1. The second-order valence-corrected chi connectivity index (χ2v) is 5.49. The molecule has 108 valence electrons. The molecule has 2 aromatic rings. The van der Waals surface area contributed by atoms with Gasteiger partial charge in [0, 0.05) is 25.3 Å². The fourth-order valence-corrected chi connectivity index (χ4v) is 1.51. The molecule has 0 spiro atoms. The predicted molar refractivity (Wildman–Crippen MR) is 70.2 cm³/mol. The second kappa shape index (κ2) is 5.40. The van der Waals surface area contributed by atoms with Crippen LogP contribution in [-0.4, -0.2) is 37.8 Å². The molecule has 2 aromatic heterocycles. The maximum Gasteiger partial charge on any atom is 0.290 e. The molecule has 2 N–H and O–H groups in total. The maximum absolute atomic E-state index is 11.9. The molecule has 0 radical (unpaired) electrons. The normalized spacial score (nSPS) is 11.6. The zero-order chi connectivity index (χ0) is 14.8. The first-order valence-corrected chi connectivity index (χ1v) is 6.36. The molecule has 0 unspecified atom stereocenters. The van der Waals surface area contributed by atoms with Gasteiger partial charge in [-0.05, 0) is 0 Å². The van der Waals surface area contributed by atoms with Crippen LogP contribution in [0, 0.1) is 6.92 Å². The number of H-pyrrole nitrogens is 1. The summed E-state index contributed by atoms with van der Waals surface area (Å²) in [6.45, 7) is 8.10. The van der Waals surface area contributed by atoms with Crippen molar-refractivity contribution < 1.29 is 9.32 Å². The molecule has 0 fully saturated rings. The lowest BCUT2D eigenvalue weighted by atomic mass is 9.96. The molecule has 8 nitrogen and oxygen atoms in total. The van der Waals surface area contributed by atoms with Crippen LogP contribution in [0.3, 0.4) is 0 Å². The summed E-state index contributed by atoms with van der Waals surface area (Å²) in [5, 5.41) is 13.2. The zero-order valence-corrected chi connectivity index (χ0v) is 12.0. The van der Waals surface area contributed by atoms with Gasteiger partial charge in [-0.1, -0.05) is 25.9 Å². The van der Waals surface area contributed by atoms with Crippen molar-refractivity contribution >= 4 is 5.91 Å². The molecule has 0 aliphatic carbocycles. The van der Waals surface area contributed by atoms with E-state index in [4.69, 9.17) is 4.52 Å². The highest BCUT2D eigenvalue weighted by Gasteiger charge is 2.21. The van der Waals surface area contributed by atoms with Crippen LogP contribution in [0.4, 0.5) is 0 Å². The average Bonchev–Trinajstić information content (AvgIpc) is 2.97. The van der Waals surface area contributed by atoms with Gasteiger partial charge < -0.3 is 9.84 Å². The van der Waals surface area contributed by atoms with Crippen LogP contribution in [0.1, 0.15) is 48.9 Å². The number of carbonyl (C=O) groups excluding carboxylic acids is 1. The van der Waals surface area contributed by atoms with E-state index >= 15 is 0 Å². The van der Waals surface area contributed by atoms with Gasteiger partial charge in [0.05, 0.1) is 0 Å². The third kappa shape index (κ3) is 3.40. The van der Waals surface area contributed by atoms with Crippen LogP contribution in [0.25, 0.3) is 0 Å². The Hall–Kier alpha value is -2.25. The summed E-state index contributed by atoms with van der Waals surface area (Å²) in [6.07, 6.45) is 0.500. The molecule has 0 bridgehead atoms. The Morgan fingerprint density at radius 3 is 2.65 bits per heavy atom. The molecule has 0 aliphatic rings. The van der Waals surface area contributed by atoms with E-state index in [0.29, 0.717) is 30.5 Å². The van der Waals surface area contributed by atoms with Gasteiger partial charge >= 0.3 is 0 Å². The SMILES string of the molecule is Cc1nc(CCNC(=O)c2n[nH]c(C(C)(C)C)n2)no1. The summed E-state index contributed by atoms with van der Waals surface area (Å²) in [4.78, 5) is 20.1. The first kappa shape index (κ1) is 14.2. The third-order valence-corrected chi connectivity index (χ3v) is 2.60. The quantitative estimate of drug-likeness (QED) is 0.854. The molecule has 0 aliphatic heterocycles. The number of nitrogens with one attached hydrogen (secondary N) is 2. The fraction of sp³-hybridized carbons (Fsp3) is 0.583. The van der Waals surface area contributed by atoms with Gasteiger partial charge in [0.2, 0.25) is 11.7 Å². The predicted octanol–water partition coefficient (Wildman–Crippen LogP) is 0.766. The van der Waals surface area contributed by atoms with Gasteiger partial charge in [0.1, 0.15) is 5.82 Å². The van der Waals surface area contributed by atoms with E-state index < -0.39 is 0 Å². The first-order chi connectivity index (χ1) is 9.36. The number of amides is 1. The first-order valence-electron chi connectivity index (χ1n) is 6.36. The molecule has 0 atom stereocenters. The fourth-order valence-electron chi connectivity index (χ4n) is 1.51. The summed E-state index contributed by atoms with van der Waals surface area (Å²) in [5.74, 6) is 1.57. The van der Waals surface area contributed by atoms with Gasteiger partial charge in [-0.3, -0.25) is 9.89 Å². The summed E-state index contributed by atoms with van der Waals surface area (Å²) >= 11 is 0. The van der Waals surface area contributed by atoms with E-state index in [1.165, 1.54) is 0 Å². The highest BCUT2D eigenvalue weighted by Crippen LogP contribution is 2.17. The van der Waals surface area contributed by atoms with Gasteiger partial charge in [0.15, 0.2) is 5.82 Å². The summed E-state index contributed by atoms with van der Waals surface area (Å²) in [6, 6.07) is 0. The number of nitrogens with zero attached hydrogens (tertiary/aromatic N) is 4. The van der Waals surface area contributed by atoms with E-state index in [-0.39, 0.29) is 17.1 Å². The van der Waals surface area contributed by atoms with Crippen molar-refractivity contribution in [1.82, 2.24) is 30.6 Å². The lowest BCUT2D eigenvalue weighted by Gasteiger charge is -2.12. The van der Waals surface area contributed by atoms with Crippen LogP contribution in [-0.2, 0) is 11.8 Å². The monoisotopic (exact) mass is 278 g/mol. The minimum atomic E-state index is -0.322. The number of hydrogen-bond acceptors (Lipinski definition) is 6. The van der Waals surface area contributed by atoms with Crippen molar-refractivity contribution in [2.45, 2.75) is 39.5 Å². The number of rotatable bonds is 4. The smallest absolute Gasteiger partial charge is 0.290 e. The van der Waals surface area contributed by atoms with E-state index in [1.54, 1.807) is 6.92 Å². The molecule has 0 saturated carbocycles. The standard InChI is InChI=1S/C12H18N6O2/c1-7-14-8(18-20-7)5-6-13-10(19)9-15-11(17-16-9)12(2,3)4/h5-6H2,1-4H3,(H,13,19)(H,15,16,17). The van der Waals surface area contributed by atoms with E-state index in [0.717, 1.165) is 0 Å². The van der Waals surface area contributed by atoms with E-state index in [9.17, 15) is 4.79 Å². The third-order valence-electron chi connectivity index (χ3n) is 2.60. The van der Waals surface area contributed by atoms with Crippen molar-refractivity contribution in [2.75, 3.05) is 6.54 Å². The molecule has 2 rings (SSSR count). The number of hydrogen-bond donors (Lipinski definition) is 2.